The fourth-order valence-corrected chi connectivity index (χ4v) is 4.71. The van der Waals surface area contributed by atoms with Gasteiger partial charge in [-0.05, 0) is 50.9 Å². The smallest absolute Gasteiger partial charge is 0.224 e. The van der Waals surface area contributed by atoms with Gasteiger partial charge in [0.25, 0.3) is 0 Å². The van der Waals surface area contributed by atoms with E-state index in [9.17, 15) is 4.79 Å². The predicted octanol–water partition coefficient (Wildman–Crippen LogP) is 2.38. The molecule has 2 saturated heterocycles. The first-order valence-electron chi connectivity index (χ1n) is 11.0. The molecule has 2 aliphatic heterocycles. The molecule has 0 spiro atoms. The van der Waals surface area contributed by atoms with Crippen LogP contribution in [0.25, 0.3) is 0 Å². The number of hydrogen-bond donors (Lipinski definition) is 1. The molecule has 29 heavy (non-hydrogen) atoms. The fourth-order valence-electron chi connectivity index (χ4n) is 4.71. The second-order valence-corrected chi connectivity index (χ2v) is 8.42. The first kappa shape index (κ1) is 20.1. The van der Waals surface area contributed by atoms with Crippen molar-refractivity contribution in [3.63, 3.8) is 0 Å². The molecule has 1 aromatic heterocycles. The molecule has 1 unspecified atom stereocenters. The molecular weight excluding hydrogens is 362 g/mol. The molecule has 2 aliphatic rings. The number of rotatable bonds is 7. The lowest BCUT2D eigenvalue weighted by molar-refractivity contribution is -0.127. The van der Waals surface area contributed by atoms with E-state index in [1.807, 2.05) is 10.8 Å². The maximum absolute atomic E-state index is 12.6. The zero-order chi connectivity index (χ0) is 19.9. The summed E-state index contributed by atoms with van der Waals surface area (Å²) in [7, 11) is 0. The van der Waals surface area contributed by atoms with Gasteiger partial charge in [0, 0.05) is 44.6 Å². The maximum Gasteiger partial charge on any atom is 0.224 e. The summed E-state index contributed by atoms with van der Waals surface area (Å²) in [5.41, 5.74) is 1.40. The molecular formula is C23H33N5O. The Labute approximate surface area is 173 Å². The van der Waals surface area contributed by atoms with Crippen LogP contribution >= 0.6 is 0 Å². The van der Waals surface area contributed by atoms with Gasteiger partial charge in [-0.3, -0.25) is 14.6 Å². The highest BCUT2D eigenvalue weighted by atomic mass is 16.1. The summed E-state index contributed by atoms with van der Waals surface area (Å²) in [4.78, 5) is 21.8. The van der Waals surface area contributed by atoms with Gasteiger partial charge in [0.1, 0.15) is 0 Å². The van der Waals surface area contributed by atoms with E-state index in [1.165, 1.54) is 18.4 Å². The molecule has 0 aliphatic carbocycles. The number of nitrogens with one attached hydrogen (secondary N) is 1. The third-order valence-corrected chi connectivity index (χ3v) is 6.37. The van der Waals surface area contributed by atoms with E-state index in [1.54, 1.807) is 12.5 Å². The largest absolute Gasteiger partial charge is 0.354 e. The van der Waals surface area contributed by atoms with Gasteiger partial charge in [-0.25, -0.2) is 4.98 Å². The Morgan fingerprint density at radius 1 is 1.10 bits per heavy atom. The molecule has 0 radical (unpaired) electrons. The van der Waals surface area contributed by atoms with Crippen LogP contribution in [0.1, 0.15) is 31.2 Å². The van der Waals surface area contributed by atoms with Crippen molar-refractivity contribution in [3.05, 3.63) is 54.6 Å². The van der Waals surface area contributed by atoms with Crippen LogP contribution in [0.5, 0.6) is 0 Å². The predicted molar refractivity (Wildman–Crippen MR) is 114 cm³/mol. The number of carbonyl (C=O) groups is 1. The van der Waals surface area contributed by atoms with E-state index < -0.39 is 0 Å². The van der Waals surface area contributed by atoms with Crippen molar-refractivity contribution >= 4 is 5.91 Å². The van der Waals surface area contributed by atoms with E-state index in [-0.39, 0.29) is 11.8 Å². The molecule has 4 rings (SSSR count). The van der Waals surface area contributed by atoms with Crippen LogP contribution in [-0.2, 0) is 17.9 Å². The Balaban J connectivity index is 1.20. The first-order valence-corrected chi connectivity index (χ1v) is 11.0. The molecule has 3 heterocycles. The number of hydrogen-bond acceptors (Lipinski definition) is 4. The van der Waals surface area contributed by atoms with Gasteiger partial charge in [0.05, 0.1) is 12.2 Å². The SMILES string of the molecule is O=C(NCCn1ccnc1)C1CCCN(C2CCN(Cc3ccccc3)CC2)C1. The average Bonchev–Trinajstić information content (AvgIpc) is 3.29. The van der Waals surface area contributed by atoms with Crippen molar-refractivity contribution in [3.8, 4) is 0 Å². The van der Waals surface area contributed by atoms with Crippen LogP contribution in [0.15, 0.2) is 49.1 Å². The zero-order valence-electron chi connectivity index (χ0n) is 17.2. The Bertz CT molecular complexity index is 740. The number of benzene rings is 1. The zero-order valence-corrected chi connectivity index (χ0v) is 17.2. The Kier molecular flexibility index (Phi) is 6.96. The van der Waals surface area contributed by atoms with Crippen LogP contribution in [0.3, 0.4) is 0 Å². The Morgan fingerprint density at radius 2 is 1.93 bits per heavy atom. The minimum absolute atomic E-state index is 0.133. The number of carbonyl (C=O) groups excluding carboxylic acids is 1. The third kappa shape index (κ3) is 5.67. The number of piperidine rings is 2. The molecule has 2 fully saturated rings. The van der Waals surface area contributed by atoms with Crippen LogP contribution < -0.4 is 5.32 Å². The summed E-state index contributed by atoms with van der Waals surface area (Å²) < 4.78 is 2.00. The van der Waals surface area contributed by atoms with E-state index in [0.29, 0.717) is 12.6 Å². The molecule has 1 amide bonds. The minimum atomic E-state index is 0.133. The minimum Gasteiger partial charge on any atom is -0.354 e. The quantitative estimate of drug-likeness (QED) is 0.782. The standard InChI is InChI=1S/C23H33N5O/c29-23(25-11-16-27-15-10-24-19-27)21-7-4-12-28(18-21)22-8-13-26(14-9-22)17-20-5-2-1-3-6-20/h1-3,5-6,10,15,19,21-22H,4,7-9,11-14,16-18H2,(H,25,29). The number of likely N-dealkylation sites (tertiary alicyclic amines) is 2. The summed E-state index contributed by atoms with van der Waals surface area (Å²) in [5.74, 6) is 0.352. The lowest BCUT2D eigenvalue weighted by Gasteiger charge is -2.42. The highest BCUT2D eigenvalue weighted by molar-refractivity contribution is 5.78. The molecule has 1 N–H and O–H groups in total. The fraction of sp³-hybridized carbons (Fsp3) is 0.565. The van der Waals surface area contributed by atoms with Crippen molar-refractivity contribution in [1.82, 2.24) is 24.7 Å². The topological polar surface area (TPSA) is 53.4 Å². The Morgan fingerprint density at radius 3 is 2.69 bits per heavy atom. The van der Waals surface area contributed by atoms with E-state index in [0.717, 1.165) is 52.1 Å². The van der Waals surface area contributed by atoms with E-state index in [2.05, 4.69) is 50.4 Å². The third-order valence-electron chi connectivity index (χ3n) is 6.37. The van der Waals surface area contributed by atoms with Crippen molar-refractivity contribution in [2.24, 2.45) is 5.92 Å². The summed E-state index contributed by atoms with van der Waals surface area (Å²) >= 11 is 0. The van der Waals surface area contributed by atoms with Crippen molar-refractivity contribution < 1.29 is 4.79 Å². The van der Waals surface area contributed by atoms with E-state index in [4.69, 9.17) is 0 Å². The average molecular weight is 396 g/mol. The van der Waals surface area contributed by atoms with Crippen LogP contribution in [0, 0.1) is 5.92 Å². The molecule has 156 valence electrons. The van der Waals surface area contributed by atoms with Gasteiger partial charge in [-0.1, -0.05) is 30.3 Å². The summed E-state index contributed by atoms with van der Waals surface area (Å²) in [6.07, 6.45) is 10.1. The van der Waals surface area contributed by atoms with Crippen molar-refractivity contribution in [2.45, 2.75) is 44.8 Å². The highest BCUT2D eigenvalue weighted by Crippen LogP contribution is 2.24. The van der Waals surface area contributed by atoms with E-state index >= 15 is 0 Å². The van der Waals surface area contributed by atoms with Gasteiger partial charge in [0.15, 0.2) is 0 Å². The van der Waals surface area contributed by atoms with Crippen molar-refractivity contribution in [2.75, 3.05) is 32.7 Å². The van der Waals surface area contributed by atoms with Crippen LogP contribution in [0.4, 0.5) is 0 Å². The molecule has 6 heteroatoms. The number of nitrogens with zero attached hydrogens (tertiary/aromatic N) is 4. The molecule has 6 nitrogen and oxygen atoms in total. The summed E-state index contributed by atoms with van der Waals surface area (Å²) in [6, 6.07) is 11.4. The molecule has 0 bridgehead atoms. The lowest BCUT2D eigenvalue weighted by atomic mass is 9.93. The second-order valence-electron chi connectivity index (χ2n) is 8.42. The van der Waals surface area contributed by atoms with Gasteiger partial charge in [-0.2, -0.15) is 0 Å². The van der Waals surface area contributed by atoms with Crippen LogP contribution in [-0.4, -0.2) is 64.0 Å². The first-order chi connectivity index (χ1) is 14.3. The van der Waals surface area contributed by atoms with Gasteiger partial charge >= 0.3 is 0 Å². The Hall–Kier alpha value is -2.18. The van der Waals surface area contributed by atoms with Gasteiger partial charge in [-0.15, -0.1) is 0 Å². The normalized spacial score (nSPS) is 21.9. The van der Waals surface area contributed by atoms with Gasteiger partial charge in [0.2, 0.25) is 5.91 Å². The number of imidazole rings is 1. The lowest BCUT2D eigenvalue weighted by Crippen LogP contribution is -2.50. The summed E-state index contributed by atoms with van der Waals surface area (Å²) in [6.45, 7) is 6.86. The van der Waals surface area contributed by atoms with Gasteiger partial charge < -0.3 is 9.88 Å². The maximum atomic E-state index is 12.6. The second kappa shape index (κ2) is 10.0. The van der Waals surface area contributed by atoms with Crippen LogP contribution in [0.2, 0.25) is 0 Å². The summed E-state index contributed by atoms with van der Waals surface area (Å²) in [5, 5.41) is 3.13. The molecule has 2 aromatic rings. The van der Waals surface area contributed by atoms with Crippen molar-refractivity contribution in [1.29, 1.82) is 0 Å². The molecule has 0 saturated carbocycles. The monoisotopic (exact) mass is 395 g/mol. The number of aromatic nitrogens is 2. The number of amides is 1. The molecule has 1 atom stereocenters. The molecule has 1 aromatic carbocycles. The highest BCUT2D eigenvalue weighted by Gasteiger charge is 2.31.